The number of aryl methyl sites for hydroxylation is 2. The van der Waals surface area contributed by atoms with Crippen LogP contribution in [0.3, 0.4) is 0 Å². The van der Waals surface area contributed by atoms with Crippen LogP contribution < -0.4 is 5.73 Å². The maximum atomic E-state index is 6.69. The fourth-order valence-electron chi connectivity index (χ4n) is 3.18. The Hall–Kier alpha value is -1.67. The molecule has 1 aliphatic carbocycles. The van der Waals surface area contributed by atoms with E-state index < -0.39 is 0 Å². The molecule has 0 saturated carbocycles. The van der Waals surface area contributed by atoms with E-state index in [4.69, 9.17) is 5.73 Å². The van der Waals surface area contributed by atoms with E-state index >= 15 is 0 Å². The highest BCUT2D eigenvalue weighted by molar-refractivity contribution is 5.37. The Morgan fingerprint density at radius 3 is 2.89 bits per heavy atom. The first kappa shape index (κ1) is 12.4. The van der Waals surface area contributed by atoms with Crippen LogP contribution in [0.15, 0.2) is 42.6 Å². The molecule has 0 spiro atoms. The van der Waals surface area contributed by atoms with Crippen LogP contribution in [0.1, 0.15) is 41.6 Å². The quantitative estimate of drug-likeness (QED) is 0.890. The van der Waals surface area contributed by atoms with Gasteiger partial charge in [0, 0.05) is 23.3 Å². The topological polar surface area (TPSA) is 38.9 Å². The molecular formula is C17H20N2. The van der Waals surface area contributed by atoms with Crippen LogP contribution >= 0.6 is 0 Å². The van der Waals surface area contributed by atoms with Gasteiger partial charge in [0.25, 0.3) is 0 Å². The molecule has 98 valence electrons. The Balaban J connectivity index is 2.02. The molecule has 19 heavy (non-hydrogen) atoms. The van der Waals surface area contributed by atoms with E-state index in [9.17, 15) is 0 Å². The van der Waals surface area contributed by atoms with Gasteiger partial charge in [-0.2, -0.15) is 0 Å². The molecule has 2 heteroatoms. The average molecular weight is 252 g/mol. The van der Waals surface area contributed by atoms with Crippen molar-refractivity contribution in [1.82, 2.24) is 4.98 Å². The number of benzene rings is 1. The molecule has 0 bridgehead atoms. The van der Waals surface area contributed by atoms with Gasteiger partial charge in [0.15, 0.2) is 0 Å². The Kier molecular flexibility index (Phi) is 2.90. The molecule has 0 saturated heterocycles. The summed E-state index contributed by atoms with van der Waals surface area (Å²) < 4.78 is 0. The van der Waals surface area contributed by atoms with E-state index in [1.165, 1.54) is 22.4 Å². The van der Waals surface area contributed by atoms with Crippen LogP contribution in [-0.2, 0) is 12.0 Å². The van der Waals surface area contributed by atoms with E-state index in [0.29, 0.717) is 5.92 Å². The number of nitrogens with zero attached hydrogens (tertiary/aromatic N) is 1. The molecule has 0 amide bonds. The standard InChI is InChI=1S/C17H20N2/c1-12-5-3-7-14(11-12)17(2,18)15-9-8-13-6-4-10-19-16(13)15/h3-7,10-11,15H,8-9,18H2,1-2H3. The molecule has 1 heterocycles. The molecule has 2 N–H and O–H groups in total. The van der Waals surface area contributed by atoms with Gasteiger partial charge in [-0.1, -0.05) is 35.9 Å². The second-order valence-electron chi connectivity index (χ2n) is 5.79. The summed E-state index contributed by atoms with van der Waals surface area (Å²) in [4.78, 5) is 4.57. The lowest BCUT2D eigenvalue weighted by atomic mass is 9.78. The highest BCUT2D eigenvalue weighted by Crippen LogP contribution is 2.42. The number of hydrogen-bond acceptors (Lipinski definition) is 2. The van der Waals surface area contributed by atoms with Crippen LogP contribution in [0.5, 0.6) is 0 Å². The monoisotopic (exact) mass is 252 g/mol. The molecule has 3 rings (SSSR count). The first-order valence-corrected chi connectivity index (χ1v) is 6.89. The smallest absolute Gasteiger partial charge is 0.0488 e. The van der Waals surface area contributed by atoms with Crippen molar-refractivity contribution in [2.24, 2.45) is 5.73 Å². The van der Waals surface area contributed by atoms with Crippen molar-refractivity contribution < 1.29 is 0 Å². The molecule has 0 aliphatic heterocycles. The molecule has 1 aliphatic rings. The number of nitrogens with two attached hydrogens (primary N) is 1. The lowest BCUT2D eigenvalue weighted by molar-refractivity contribution is 0.381. The number of pyridine rings is 1. The number of rotatable bonds is 2. The molecule has 2 unspecified atom stereocenters. The van der Waals surface area contributed by atoms with Crippen LogP contribution in [0.25, 0.3) is 0 Å². The van der Waals surface area contributed by atoms with Crippen molar-refractivity contribution in [2.45, 2.75) is 38.1 Å². The van der Waals surface area contributed by atoms with E-state index in [1.54, 1.807) is 0 Å². The zero-order valence-electron chi connectivity index (χ0n) is 11.6. The van der Waals surface area contributed by atoms with Gasteiger partial charge in [0.1, 0.15) is 0 Å². The van der Waals surface area contributed by atoms with Crippen LogP contribution in [-0.4, -0.2) is 4.98 Å². The largest absolute Gasteiger partial charge is 0.321 e. The molecule has 0 fully saturated rings. The Morgan fingerprint density at radius 2 is 2.11 bits per heavy atom. The third kappa shape index (κ3) is 2.06. The fraction of sp³-hybridized carbons (Fsp3) is 0.353. The summed E-state index contributed by atoms with van der Waals surface area (Å²) in [5.41, 5.74) is 11.3. The normalized spacial score (nSPS) is 20.9. The lowest BCUT2D eigenvalue weighted by Crippen LogP contribution is -2.39. The van der Waals surface area contributed by atoms with Gasteiger partial charge in [-0.05, 0) is 43.9 Å². The number of aromatic nitrogens is 1. The fourth-order valence-corrected chi connectivity index (χ4v) is 3.18. The Bertz CT molecular complexity index is 602. The van der Waals surface area contributed by atoms with E-state index in [2.05, 4.69) is 49.2 Å². The summed E-state index contributed by atoms with van der Waals surface area (Å²) >= 11 is 0. The van der Waals surface area contributed by atoms with Crippen molar-refractivity contribution in [3.63, 3.8) is 0 Å². The molecule has 2 aromatic rings. The summed E-state index contributed by atoms with van der Waals surface area (Å²) in [6.07, 6.45) is 4.06. The highest BCUT2D eigenvalue weighted by Gasteiger charge is 2.38. The predicted molar refractivity (Wildman–Crippen MR) is 78.0 cm³/mol. The summed E-state index contributed by atoms with van der Waals surface area (Å²) in [5, 5.41) is 0. The summed E-state index contributed by atoms with van der Waals surface area (Å²) in [5.74, 6) is 0.311. The van der Waals surface area contributed by atoms with Gasteiger partial charge >= 0.3 is 0 Å². The highest BCUT2D eigenvalue weighted by atomic mass is 14.8. The number of fused-ring (bicyclic) bond motifs is 1. The minimum atomic E-state index is -0.356. The van der Waals surface area contributed by atoms with Crippen LogP contribution in [0.4, 0.5) is 0 Å². The summed E-state index contributed by atoms with van der Waals surface area (Å²) in [6.45, 7) is 4.25. The van der Waals surface area contributed by atoms with Crippen molar-refractivity contribution in [2.75, 3.05) is 0 Å². The van der Waals surface area contributed by atoms with Gasteiger partial charge in [-0.15, -0.1) is 0 Å². The van der Waals surface area contributed by atoms with E-state index in [-0.39, 0.29) is 5.54 Å². The minimum absolute atomic E-state index is 0.311. The number of hydrogen-bond donors (Lipinski definition) is 1. The first-order chi connectivity index (χ1) is 9.09. The van der Waals surface area contributed by atoms with Crippen LogP contribution in [0, 0.1) is 6.92 Å². The Morgan fingerprint density at radius 1 is 1.26 bits per heavy atom. The van der Waals surface area contributed by atoms with Crippen molar-refractivity contribution in [1.29, 1.82) is 0 Å². The van der Waals surface area contributed by atoms with E-state index in [0.717, 1.165) is 12.8 Å². The maximum absolute atomic E-state index is 6.69. The third-order valence-electron chi connectivity index (χ3n) is 4.32. The second-order valence-corrected chi connectivity index (χ2v) is 5.79. The second kappa shape index (κ2) is 4.46. The van der Waals surface area contributed by atoms with Crippen LogP contribution in [0.2, 0.25) is 0 Å². The molecule has 0 radical (unpaired) electrons. The van der Waals surface area contributed by atoms with Gasteiger partial charge < -0.3 is 5.73 Å². The first-order valence-electron chi connectivity index (χ1n) is 6.89. The van der Waals surface area contributed by atoms with Gasteiger partial charge in [0.2, 0.25) is 0 Å². The lowest BCUT2D eigenvalue weighted by Gasteiger charge is -2.32. The van der Waals surface area contributed by atoms with Gasteiger partial charge in [0.05, 0.1) is 0 Å². The minimum Gasteiger partial charge on any atom is -0.321 e. The predicted octanol–water partition coefficient (Wildman–Crippen LogP) is 3.29. The zero-order chi connectivity index (χ0) is 13.5. The zero-order valence-corrected chi connectivity index (χ0v) is 11.6. The third-order valence-corrected chi connectivity index (χ3v) is 4.32. The maximum Gasteiger partial charge on any atom is 0.0488 e. The molecule has 2 nitrogen and oxygen atoms in total. The molecular weight excluding hydrogens is 232 g/mol. The average Bonchev–Trinajstić information content (AvgIpc) is 2.83. The van der Waals surface area contributed by atoms with Crippen molar-refractivity contribution in [3.8, 4) is 0 Å². The molecule has 1 aromatic carbocycles. The SMILES string of the molecule is Cc1cccc(C(C)(N)C2CCc3cccnc32)c1. The summed E-state index contributed by atoms with van der Waals surface area (Å²) in [7, 11) is 0. The van der Waals surface area contributed by atoms with Gasteiger partial charge in [-0.3, -0.25) is 4.98 Å². The molecule has 1 aromatic heterocycles. The van der Waals surface area contributed by atoms with Crippen molar-refractivity contribution >= 4 is 0 Å². The van der Waals surface area contributed by atoms with Crippen molar-refractivity contribution in [3.05, 3.63) is 65.0 Å². The summed E-state index contributed by atoms with van der Waals surface area (Å²) in [6, 6.07) is 12.7. The van der Waals surface area contributed by atoms with E-state index in [1.807, 2.05) is 12.3 Å². The Labute approximate surface area is 114 Å². The van der Waals surface area contributed by atoms with Gasteiger partial charge in [-0.25, -0.2) is 0 Å². The molecule has 2 atom stereocenters.